The summed E-state index contributed by atoms with van der Waals surface area (Å²) < 4.78 is 43.5. The molecular formula is C19H17ClFN3O4S. The Morgan fingerprint density at radius 1 is 1.21 bits per heavy atom. The Labute approximate surface area is 171 Å². The van der Waals surface area contributed by atoms with Crippen molar-refractivity contribution in [1.82, 2.24) is 10.1 Å². The van der Waals surface area contributed by atoms with Crippen molar-refractivity contribution in [2.24, 2.45) is 0 Å². The highest BCUT2D eigenvalue weighted by Crippen LogP contribution is 2.19. The van der Waals surface area contributed by atoms with Gasteiger partial charge < -0.3 is 9.84 Å². The van der Waals surface area contributed by atoms with Crippen molar-refractivity contribution >= 4 is 33.0 Å². The molecule has 1 heterocycles. The molecule has 0 aliphatic rings. The van der Waals surface area contributed by atoms with Crippen molar-refractivity contribution in [3.05, 3.63) is 70.6 Å². The Hall–Kier alpha value is -2.78. The predicted molar refractivity (Wildman–Crippen MR) is 105 cm³/mol. The van der Waals surface area contributed by atoms with Crippen LogP contribution in [0.2, 0.25) is 5.02 Å². The number of benzene rings is 2. The van der Waals surface area contributed by atoms with Crippen LogP contribution in [0.4, 0.5) is 10.1 Å². The number of hydrogen-bond acceptors (Lipinski definition) is 6. The Bertz CT molecular complexity index is 1130. The molecule has 1 N–H and O–H groups in total. The number of nitrogens with one attached hydrogen (secondary N) is 1. The quantitative estimate of drug-likeness (QED) is 0.604. The molecular weight excluding hydrogens is 421 g/mol. The van der Waals surface area contributed by atoms with E-state index >= 15 is 0 Å². The summed E-state index contributed by atoms with van der Waals surface area (Å²) in [5, 5.41) is 6.30. The van der Waals surface area contributed by atoms with Crippen molar-refractivity contribution in [1.29, 1.82) is 0 Å². The molecule has 0 saturated heterocycles. The third-order valence-corrected chi connectivity index (χ3v) is 5.84. The van der Waals surface area contributed by atoms with Crippen LogP contribution < -0.4 is 5.32 Å². The first-order valence-corrected chi connectivity index (χ1v) is 10.6. The largest absolute Gasteiger partial charge is 0.339 e. The van der Waals surface area contributed by atoms with Crippen molar-refractivity contribution in [3.63, 3.8) is 0 Å². The first-order valence-electron chi connectivity index (χ1n) is 8.59. The molecule has 3 rings (SSSR count). The SMILES string of the molecule is Cc1ccc(S(=O)(=O)Cc2noc(CCC(=O)Nc3ccc(Cl)cc3F)n2)cc1. The number of aryl methyl sites for hydroxylation is 2. The van der Waals surface area contributed by atoms with E-state index in [-0.39, 0.29) is 40.2 Å². The zero-order chi connectivity index (χ0) is 21.0. The van der Waals surface area contributed by atoms with E-state index in [1.54, 1.807) is 12.1 Å². The molecule has 0 aliphatic carbocycles. The highest BCUT2D eigenvalue weighted by atomic mass is 35.5. The Kier molecular flexibility index (Phi) is 6.29. The third kappa shape index (κ3) is 5.61. The summed E-state index contributed by atoms with van der Waals surface area (Å²) >= 11 is 5.67. The molecule has 0 radical (unpaired) electrons. The van der Waals surface area contributed by atoms with Gasteiger partial charge in [0.1, 0.15) is 11.6 Å². The second-order valence-corrected chi connectivity index (χ2v) is 8.77. The third-order valence-electron chi connectivity index (χ3n) is 3.98. The average molecular weight is 438 g/mol. The maximum Gasteiger partial charge on any atom is 0.227 e. The smallest absolute Gasteiger partial charge is 0.227 e. The lowest BCUT2D eigenvalue weighted by Gasteiger charge is -2.05. The van der Waals surface area contributed by atoms with Crippen LogP contribution in [-0.2, 0) is 26.8 Å². The first kappa shape index (κ1) is 20.9. The van der Waals surface area contributed by atoms with Gasteiger partial charge >= 0.3 is 0 Å². The fourth-order valence-corrected chi connectivity index (χ4v) is 3.81. The molecule has 7 nitrogen and oxygen atoms in total. The van der Waals surface area contributed by atoms with Gasteiger partial charge in [0.15, 0.2) is 15.7 Å². The van der Waals surface area contributed by atoms with E-state index in [4.69, 9.17) is 16.1 Å². The van der Waals surface area contributed by atoms with Gasteiger partial charge in [-0.2, -0.15) is 4.98 Å². The number of carbonyl (C=O) groups is 1. The minimum Gasteiger partial charge on any atom is -0.339 e. The fraction of sp³-hybridized carbons (Fsp3) is 0.211. The van der Waals surface area contributed by atoms with Crippen LogP contribution in [0.15, 0.2) is 51.9 Å². The molecule has 0 fully saturated rings. The van der Waals surface area contributed by atoms with Gasteiger partial charge in [-0.05, 0) is 37.3 Å². The molecule has 0 saturated carbocycles. The van der Waals surface area contributed by atoms with E-state index in [0.29, 0.717) is 0 Å². The van der Waals surface area contributed by atoms with Gasteiger partial charge in [0.2, 0.25) is 11.8 Å². The summed E-state index contributed by atoms with van der Waals surface area (Å²) in [4.78, 5) is 16.2. The number of carbonyl (C=O) groups excluding carboxylic acids is 1. The summed E-state index contributed by atoms with van der Waals surface area (Å²) in [6, 6.07) is 10.4. The maximum absolute atomic E-state index is 13.7. The van der Waals surface area contributed by atoms with Gasteiger partial charge in [0.05, 0.1) is 10.6 Å². The Morgan fingerprint density at radius 2 is 1.93 bits per heavy atom. The lowest BCUT2D eigenvalue weighted by atomic mass is 10.2. The topological polar surface area (TPSA) is 102 Å². The van der Waals surface area contributed by atoms with Crippen LogP contribution in [-0.4, -0.2) is 24.5 Å². The second-order valence-electron chi connectivity index (χ2n) is 6.35. The maximum atomic E-state index is 13.7. The van der Waals surface area contributed by atoms with Crippen LogP contribution >= 0.6 is 11.6 Å². The molecule has 10 heteroatoms. The molecule has 152 valence electrons. The molecule has 0 unspecified atom stereocenters. The predicted octanol–water partition coefficient (Wildman–Crippen LogP) is 3.72. The lowest BCUT2D eigenvalue weighted by Crippen LogP contribution is -2.13. The van der Waals surface area contributed by atoms with Gasteiger partial charge in [0.25, 0.3) is 0 Å². The van der Waals surface area contributed by atoms with E-state index in [1.807, 2.05) is 6.92 Å². The molecule has 0 atom stereocenters. The van der Waals surface area contributed by atoms with E-state index in [1.165, 1.54) is 24.3 Å². The minimum absolute atomic E-state index is 0.00438. The summed E-state index contributed by atoms with van der Waals surface area (Å²) in [6.07, 6.45) is 0.0348. The molecule has 0 aliphatic heterocycles. The number of amides is 1. The van der Waals surface area contributed by atoms with Gasteiger partial charge in [0, 0.05) is 17.9 Å². The monoisotopic (exact) mass is 437 g/mol. The van der Waals surface area contributed by atoms with Gasteiger partial charge in [-0.1, -0.05) is 34.5 Å². The zero-order valence-electron chi connectivity index (χ0n) is 15.4. The van der Waals surface area contributed by atoms with Crippen LogP contribution in [0.1, 0.15) is 23.7 Å². The van der Waals surface area contributed by atoms with Gasteiger partial charge in [-0.15, -0.1) is 0 Å². The van der Waals surface area contributed by atoms with E-state index in [2.05, 4.69) is 15.5 Å². The summed E-state index contributed by atoms with van der Waals surface area (Å²) in [7, 11) is -3.61. The van der Waals surface area contributed by atoms with Crippen LogP contribution in [0.5, 0.6) is 0 Å². The van der Waals surface area contributed by atoms with Crippen molar-refractivity contribution in [2.75, 3.05) is 5.32 Å². The number of anilines is 1. The molecule has 2 aromatic carbocycles. The molecule has 0 bridgehead atoms. The molecule has 29 heavy (non-hydrogen) atoms. The molecule has 0 spiro atoms. The number of sulfone groups is 1. The van der Waals surface area contributed by atoms with Crippen LogP contribution in [0.25, 0.3) is 0 Å². The summed E-state index contributed by atoms with van der Waals surface area (Å²) in [6.45, 7) is 1.86. The van der Waals surface area contributed by atoms with Crippen molar-refractivity contribution < 1.29 is 22.1 Å². The van der Waals surface area contributed by atoms with Crippen LogP contribution in [0.3, 0.4) is 0 Å². The van der Waals surface area contributed by atoms with E-state index in [0.717, 1.165) is 11.6 Å². The molecule has 3 aromatic rings. The van der Waals surface area contributed by atoms with Gasteiger partial charge in [-0.25, -0.2) is 12.8 Å². The highest BCUT2D eigenvalue weighted by molar-refractivity contribution is 7.90. The summed E-state index contributed by atoms with van der Waals surface area (Å²) in [5.74, 6) is -1.40. The van der Waals surface area contributed by atoms with E-state index in [9.17, 15) is 17.6 Å². The van der Waals surface area contributed by atoms with E-state index < -0.39 is 27.3 Å². The summed E-state index contributed by atoms with van der Waals surface area (Å²) in [5.41, 5.74) is 0.956. The molecule has 1 amide bonds. The lowest BCUT2D eigenvalue weighted by molar-refractivity contribution is -0.116. The number of rotatable bonds is 7. The fourth-order valence-electron chi connectivity index (χ4n) is 2.47. The van der Waals surface area contributed by atoms with Crippen molar-refractivity contribution in [3.8, 4) is 0 Å². The average Bonchev–Trinajstić information content (AvgIpc) is 3.09. The Balaban J connectivity index is 1.57. The Morgan fingerprint density at radius 3 is 2.62 bits per heavy atom. The molecule has 1 aromatic heterocycles. The van der Waals surface area contributed by atoms with Crippen molar-refractivity contribution in [2.45, 2.75) is 30.4 Å². The zero-order valence-corrected chi connectivity index (χ0v) is 16.9. The second kappa shape index (κ2) is 8.71. The number of hydrogen-bond donors (Lipinski definition) is 1. The minimum atomic E-state index is -3.61. The van der Waals surface area contributed by atoms with Gasteiger partial charge in [-0.3, -0.25) is 4.79 Å². The highest BCUT2D eigenvalue weighted by Gasteiger charge is 2.19. The first-order chi connectivity index (χ1) is 13.7. The number of aromatic nitrogens is 2. The number of halogens is 2. The normalized spacial score (nSPS) is 11.4. The standard InChI is InChI=1S/C19H17ClFN3O4S/c1-12-2-5-14(6-3-12)29(26,27)11-17-23-19(28-24-17)9-8-18(25)22-16-7-4-13(20)10-15(16)21/h2-7,10H,8-9,11H2,1H3,(H,22,25). The number of nitrogens with zero attached hydrogens (tertiary/aromatic N) is 2. The van der Waals surface area contributed by atoms with Crippen LogP contribution in [0, 0.1) is 12.7 Å².